The van der Waals surface area contributed by atoms with Crippen LogP contribution in [0, 0.1) is 0 Å². The lowest BCUT2D eigenvalue weighted by Gasteiger charge is -2.09. The van der Waals surface area contributed by atoms with E-state index in [4.69, 9.17) is 9.15 Å². The van der Waals surface area contributed by atoms with Crippen LogP contribution in [0.5, 0.6) is 0 Å². The summed E-state index contributed by atoms with van der Waals surface area (Å²) in [5.41, 5.74) is 0.777. The van der Waals surface area contributed by atoms with Crippen LogP contribution in [0.4, 0.5) is 5.13 Å². The number of hydrogen-bond acceptors (Lipinski definition) is 7. The lowest BCUT2D eigenvalue weighted by atomic mass is 10.2. The largest absolute Gasteiger partial charge is 0.438 e. The molecule has 1 aromatic carbocycles. The number of furan rings is 1. The fourth-order valence-corrected chi connectivity index (χ4v) is 4.61. The van der Waals surface area contributed by atoms with Crippen molar-refractivity contribution < 1.29 is 22.4 Å². The third-order valence-electron chi connectivity index (χ3n) is 4.11. The highest BCUT2D eigenvalue weighted by atomic mass is 32.2. The zero-order valence-corrected chi connectivity index (χ0v) is 15.8. The highest BCUT2D eigenvalue weighted by Gasteiger charge is 2.24. The number of thiazole rings is 1. The standard InChI is InChI=1S/C17H17N3O5S2/c21-16(20-17-19-12-5-1-2-6-14(12)26-17)13-7-8-15(25-13)27(22,23)18-10-11-4-3-9-24-11/h1-2,5-8,11,18H,3-4,9-10H2,(H,19,20,21)/t11-/m1/s1. The number of fused-ring (bicyclic) bond motifs is 1. The molecule has 3 aromatic rings. The fourth-order valence-electron chi connectivity index (χ4n) is 2.75. The molecule has 1 atom stereocenters. The summed E-state index contributed by atoms with van der Waals surface area (Å²) in [4.78, 5) is 16.6. The van der Waals surface area contributed by atoms with Crippen LogP contribution in [0.2, 0.25) is 0 Å². The number of sulfonamides is 1. The van der Waals surface area contributed by atoms with Crippen molar-refractivity contribution in [2.45, 2.75) is 24.0 Å². The van der Waals surface area contributed by atoms with Crippen molar-refractivity contribution >= 4 is 42.6 Å². The monoisotopic (exact) mass is 407 g/mol. The van der Waals surface area contributed by atoms with Crippen molar-refractivity contribution in [2.24, 2.45) is 0 Å². The van der Waals surface area contributed by atoms with E-state index in [2.05, 4.69) is 15.0 Å². The first-order chi connectivity index (χ1) is 13.0. The first-order valence-corrected chi connectivity index (χ1v) is 10.7. The summed E-state index contributed by atoms with van der Waals surface area (Å²) in [6, 6.07) is 10.1. The van der Waals surface area contributed by atoms with Crippen molar-refractivity contribution in [3.05, 3.63) is 42.2 Å². The number of ether oxygens (including phenoxy) is 1. The molecule has 0 saturated carbocycles. The molecule has 1 saturated heterocycles. The number of para-hydroxylation sites is 1. The van der Waals surface area contributed by atoms with Gasteiger partial charge in [0, 0.05) is 13.2 Å². The molecule has 0 aliphatic carbocycles. The van der Waals surface area contributed by atoms with Crippen molar-refractivity contribution in [3.8, 4) is 0 Å². The minimum atomic E-state index is -3.84. The van der Waals surface area contributed by atoms with Crippen LogP contribution in [0.3, 0.4) is 0 Å². The van der Waals surface area contributed by atoms with Crippen LogP contribution < -0.4 is 10.0 Å². The van der Waals surface area contributed by atoms with Crippen molar-refractivity contribution in [1.82, 2.24) is 9.71 Å². The lowest BCUT2D eigenvalue weighted by Crippen LogP contribution is -2.31. The van der Waals surface area contributed by atoms with E-state index < -0.39 is 15.9 Å². The first kappa shape index (κ1) is 18.1. The summed E-state index contributed by atoms with van der Waals surface area (Å²) in [5.74, 6) is -0.665. The molecular weight excluding hydrogens is 390 g/mol. The summed E-state index contributed by atoms with van der Waals surface area (Å²) in [6.45, 7) is 0.819. The fraction of sp³-hybridized carbons (Fsp3) is 0.294. The molecule has 4 rings (SSSR count). The van der Waals surface area contributed by atoms with E-state index in [1.165, 1.54) is 23.5 Å². The Labute approximate surface area is 159 Å². The molecule has 1 aliphatic heterocycles. The number of rotatable bonds is 6. The average molecular weight is 407 g/mol. The molecule has 0 spiro atoms. The highest BCUT2D eigenvalue weighted by Crippen LogP contribution is 2.26. The predicted molar refractivity (Wildman–Crippen MR) is 100 cm³/mol. The first-order valence-electron chi connectivity index (χ1n) is 8.39. The summed E-state index contributed by atoms with van der Waals surface area (Å²) >= 11 is 1.33. The van der Waals surface area contributed by atoms with Crippen LogP contribution >= 0.6 is 11.3 Å². The van der Waals surface area contributed by atoms with E-state index in [9.17, 15) is 13.2 Å². The Morgan fingerprint density at radius 1 is 1.26 bits per heavy atom. The van der Waals surface area contributed by atoms with Gasteiger partial charge in [-0.15, -0.1) is 0 Å². The van der Waals surface area contributed by atoms with E-state index >= 15 is 0 Å². The number of nitrogens with one attached hydrogen (secondary N) is 2. The van der Waals surface area contributed by atoms with Gasteiger partial charge in [-0.2, -0.15) is 0 Å². The van der Waals surface area contributed by atoms with Crippen molar-refractivity contribution in [3.63, 3.8) is 0 Å². The zero-order valence-electron chi connectivity index (χ0n) is 14.2. The Balaban J connectivity index is 1.43. The van der Waals surface area contributed by atoms with Gasteiger partial charge < -0.3 is 9.15 Å². The molecule has 10 heteroatoms. The molecule has 1 aliphatic rings. The average Bonchev–Trinajstić information content (AvgIpc) is 3.38. The van der Waals surface area contributed by atoms with Crippen molar-refractivity contribution in [2.75, 3.05) is 18.5 Å². The molecule has 0 radical (unpaired) electrons. The third kappa shape index (κ3) is 4.03. The molecule has 0 unspecified atom stereocenters. The van der Waals surface area contributed by atoms with Gasteiger partial charge in [0.25, 0.3) is 15.9 Å². The molecule has 142 valence electrons. The summed E-state index contributed by atoms with van der Waals surface area (Å²) in [5, 5.41) is 2.73. The van der Waals surface area contributed by atoms with Gasteiger partial charge in [-0.1, -0.05) is 23.5 Å². The molecule has 1 amide bonds. The predicted octanol–water partition coefficient (Wildman–Crippen LogP) is 2.60. The SMILES string of the molecule is O=C(Nc1nc2ccccc2s1)c1ccc(S(=O)(=O)NC[C@H]2CCCO2)o1. The maximum absolute atomic E-state index is 12.3. The molecule has 27 heavy (non-hydrogen) atoms. The minimum Gasteiger partial charge on any atom is -0.438 e. The maximum Gasteiger partial charge on any atom is 0.293 e. The van der Waals surface area contributed by atoms with Crippen LogP contribution in [0.15, 0.2) is 45.9 Å². The zero-order chi connectivity index (χ0) is 18.9. The molecule has 8 nitrogen and oxygen atoms in total. The number of carbonyl (C=O) groups excluding carboxylic acids is 1. The Morgan fingerprint density at radius 2 is 2.11 bits per heavy atom. The molecule has 1 fully saturated rings. The Hall–Kier alpha value is -2.27. The second-order valence-electron chi connectivity index (χ2n) is 6.05. The van der Waals surface area contributed by atoms with Gasteiger partial charge in [-0.05, 0) is 37.1 Å². The second kappa shape index (κ2) is 7.39. The maximum atomic E-state index is 12.3. The molecule has 2 aromatic heterocycles. The molecule has 3 heterocycles. The summed E-state index contributed by atoms with van der Waals surface area (Å²) in [6.07, 6.45) is 1.61. The van der Waals surface area contributed by atoms with Gasteiger partial charge in [-0.25, -0.2) is 18.1 Å². The van der Waals surface area contributed by atoms with E-state index in [-0.39, 0.29) is 23.5 Å². The quantitative estimate of drug-likeness (QED) is 0.650. The van der Waals surface area contributed by atoms with Gasteiger partial charge >= 0.3 is 0 Å². The number of anilines is 1. The molecule has 2 N–H and O–H groups in total. The van der Waals surface area contributed by atoms with E-state index in [0.29, 0.717) is 11.7 Å². The number of aromatic nitrogens is 1. The number of benzene rings is 1. The molecular formula is C17H17N3O5S2. The normalized spacial score (nSPS) is 17.4. The van der Waals surface area contributed by atoms with Gasteiger partial charge in [0.15, 0.2) is 10.9 Å². The topological polar surface area (TPSA) is 111 Å². The van der Waals surface area contributed by atoms with Gasteiger partial charge in [0.1, 0.15) is 0 Å². The molecule has 0 bridgehead atoms. The van der Waals surface area contributed by atoms with Crippen molar-refractivity contribution in [1.29, 1.82) is 0 Å². The van der Waals surface area contributed by atoms with E-state index in [0.717, 1.165) is 23.1 Å². The Morgan fingerprint density at radius 3 is 2.89 bits per heavy atom. The van der Waals surface area contributed by atoms with Gasteiger partial charge in [0.2, 0.25) is 5.09 Å². The number of nitrogens with zero attached hydrogens (tertiary/aromatic N) is 1. The Bertz CT molecular complexity index is 1030. The van der Waals surface area contributed by atoms with Crippen LogP contribution in [-0.4, -0.2) is 38.6 Å². The van der Waals surface area contributed by atoms with Crippen LogP contribution in [0.1, 0.15) is 23.4 Å². The van der Waals surface area contributed by atoms with E-state index in [1.807, 2.05) is 24.3 Å². The minimum absolute atomic E-state index is 0.105. The van der Waals surface area contributed by atoms with Gasteiger partial charge in [-0.3, -0.25) is 10.1 Å². The summed E-state index contributed by atoms with van der Waals surface area (Å²) in [7, 11) is -3.84. The van der Waals surface area contributed by atoms with Crippen LogP contribution in [-0.2, 0) is 14.8 Å². The van der Waals surface area contributed by atoms with E-state index in [1.54, 1.807) is 0 Å². The van der Waals surface area contributed by atoms with Gasteiger partial charge in [0.05, 0.1) is 16.3 Å². The summed E-state index contributed by atoms with van der Waals surface area (Å²) < 4.78 is 38.6. The van der Waals surface area contributed by atoms with Crippen LogP contribution in [0.25, 0.3) is 10.2 Å². The number of amides is 1. The highest BCUT2D eigenvalue weighted by molar-refractivity contribution is 7.89. The second-order valence-corrected chi connectivity index (χ2v) is 8.78. The number of carbonyl (C=O) groups is 1. The smallest absolute Gasteiger partial charge is 0.293 e. The third-order valence-corrected chi connectivity index (χ3v) is 6.36. The Kier molecular flexibility index (Phi) is 4.96. The lowest BCUT2D eigenvalue weighted by molar-refractivity contribution is 0.0991. The number of hydrogen-bond donors (Lipinski definition) is 2.